The van der Waals surface area contributed by atoms with E-state index in [-0.39, 0.29) is 19.4 Å². The van der Waals surface area contributed by atoms with Gasteiger partial charge in [0, 0.05) is 12.8 Å². The van der Waals surface area contributed by atoms with Crippen molar-refractivity contribution < 1.29 is 47.8 Å². The molecule has 11 heteroatoms. The summed E-state index contributed by atoms with van der Waals surface area (Å²) in [6.45, 7) is 2.37. The predicted molar refractivity (Wildman–Crippen MR) is 210 cm³/mol. The molecule has 0 aromatic rings. The molecular formula is C41H79O10P. The van der Waals surface area contributed by atoms with Gasteiger partial charge in [-0.3, -0.25) is 18.6 Å². The van der Waals surface area contributed by atoms with Crippen LogP contribution in [0.4, 0.5) is 0 Å². The first-order valence-electron chi connectivity index (χ1n) is 21.1. The summed E-state index contributed by atoms with van der Waals surface area (Å²) in [4.78, 5) is 34.9. The van der Waals surface area contributed by atoms with Crippen molar-refractivity contribution in [3.63, 3.8) is 0 Å². The van der Waals surface area contributed by atoms with Gasteiger partial charge in [0.05, 0.1) is 19.8 Å². The van der Waals surface area contributed by atoms with Gasteiger partial charge in [-0.15, -0.1) is 0 Å². The first-order chi connectivity index (χ1) is 25.2. The van der Waals surface area contributed by atoms with Crippen molar-refractivity contribution in [2.45, 2.75) is 212 Å². The maximum atomic E-state index is 12.6. The Kier molecular flexibility index (Phi) is 37.1. The van der Waals surface area contributed by atoms with Crippen molar-refractivity contribution in [1.29, 1.82) is 0 Å². The summed E-state index contributed by atoms with van der Waals surface area (Å²) in [7, 11) is -4.61. The number of phosphoric ester groups is 1. The van der Waals surface area contributed by atoms with Crippen molar-refractivity contribution in [1.82, 2.24) is 0 Å². The number of allylic oxidation sites excluding steroid dienone is 2. The number of rotatable bonds is 40. The van der Waals surface area contributed by atoms with Gasteiger partial charge in [-0.05, 0) is 38.5 Å². The summed E-state index contributed by atoms with van der Waals surface area (Å²) in [6.07, 6.45) is 34.6. The standard InChI is InChI=1S/C41H79O10P/c1-3-5-7-9-11-13-15-17-18-19-21-23-25-27-29-31-33-41(45)51-39(37-50-52(46,47)49-35-38(43)34-42)36-48-40(44)32-30-28-26-24-22-20-16-14-12-10-8-6-4-2/h14,16,38-39,42-43H,3-13,15,17-37H2,1-2H3,(H,46,47)/b16-14+/t38-,39+/m0/s1. The molecule has 0 fully saturated rings. The van der Waals surface area contributed by atoms with Crippen LogP contribution >= 0.6 is 7.82 Å². The minimum Gasteiger partial charge on any atom is -0.462 e. The highest BCUT2D eigenvalue weighted by atomic mass is 31.2. The first-order valence-corrected chi connectivity index (χ1v) is 22.6. The second kappa shape index (κ2) is 38.0. The molecule has 308 valence electrons. The number of aliphatic hydroxyl groups is 2. The zero-order chi connectivity index (χ0) is 38.4. The Morgan fingerprint density at radius 2 is 0.942 bits per heavy atom. The Labute approximate surface area is 317 Å². The number of unbranched alkanes of at least 4 members (excludes halogenated alkanes) is 24. The van der Waals surface area contributed by atoms with Crippen LogP contribution in [0, 0.1) is 0 Å². The Balaban J connectivity index is 4.29. The maximum absolute atomic E-state index is 12.6. The van der Waals surface area contributed by atoms with Crippen molar-refractivity contribution in [2.75, 3.05) is 26.4 Å². The van der Waals surface area contributed by atoms with Crippen molar-refractivity contribution >= 4 is 19.8 Å². The number of carbonyl (C=O) groups excluding carboxylic acids is 2. The third-order valence-corrected chi connectivity index (χ3v) is 10.1. The van der Waals surface area contributed by atoms with Gasteiger partial charge in [0.25, 0.3) is 0 Å². The smallest absolute Gasteiger partial charge is 0.462 e. The number of phosphoric acid groups is 1. The monoisotopic (exact) mass is 763 g/mol. The number of esters is 2. The van der Waals surface area contributed by atoms with Crippen molar-refractivity contribution in [2.24, 2.45) is 0 Å². The van der Waals surface area contributed by atoms with Gasteiger partial charge < -0.3 is 24.6 Å². The maximum Gasteiger partial charge on any atom is 0.472 e. The fourth-order valence-corrected chi connectivity index (χ4v) is 6.66. The average Bonchev–Trinajstić information content (AvgIpc) is 3.13. The van der Waals surface area contributed by atoms with E-state index in [0.29, 0.717) is 12.8 Å². The Morgan fingerprint density at radius 1 is 0.558 bits per heavy atom. The van der Waals surface area contributed by atoms with E-state index in [1.807, 2.05) is 0 Å². The molecular weight excluding hydrogens is 683 g/mol. The van der Waals surface area contributed by atoms with Crippen LogP contribution in [0.25, 0.3) is 0 Å². The Hall–Kier alpha value is -1.29. The SMILES string of the molecule is CCCCCC/C=C/CCCCCCCC(=O)OC[C@H](COP(=O)(O)OC[C@@H](O)CO)OC(=O)CCCCCCCCCCCCCCCCCC. The summed E-state index contributed by atoms with van der Waals surface area (Å²) < 4.78 is 32.7. The van der Waals surface area contributed by atoms with Crippen LogP contribution in [0.2, 0.25) is 0 Å². The minimum absolute atomic E-state index is 0.188. The summed E-state index contributed by atoms with van der Waals surface area (Å²) in [5, 5.41) is 18.3. The molecule has 0 aliphatic heterocycles. The normalized spacial score (nSPS) is 14.0. The molecule has 0 aromatic heterocycles. The molecule has 0 amide bonds. The molecule has 0 aliphatic rings. The molecule has 3 atom stereocenters. The highest BCUT2D eigenvalue weighted by Gasteiger charge is 2.27. The van der Waals surface area contributed by atoms with Crippen LogP contribution < -0.4 is 0 Å². The van der Waals surface area contributed by atoms with E-state index >= 15 is 0 Å². The lowest BCUT2D eigenvalue weighted by Crippen LogP contribution is -2.29. The molecule has 52 heavy (non-hydrogen) atoms. The van der Waals surface area contributed by atoms with E-state index in [9.17, 15) is 24.2 Å². The number of aliphatic hydroxyl groups excluding tert-OH is 2. The van der Waals surface area contributed by atoms with E-state index in [0.717, 1.165) is 57.8 Å². The van der Waals surface area contributed by atoms with Gasteiger partial charge in [-0.1, -0.05) is 161 Å². The molecule has 1 unspecified atom stereocenters. The molecule has 0 saturated carbocycles. The summed E-state index contributed by atoms with van der Waals surface area (Å²) >= 11 is 0. The molecule has 0 heterocycles. The quantitative estimate of drug-likeness (QED) is 0.0238. The molecule has 0 rings (SSSR count). The number of hydrogen-bond donors (Lipinski definition) is 3. The van der Waals surface area contributed by atoms with Crippen LogP contribution in [0.3, 0.4) is 0 Å². The van der Waals surface area contributed by atoms with E-state index in [1.54, 1.807) is 0 Å². The molecule has 0 saturated heterocycles. The van der Waals surface area contributed by atoms with E-state index < -0.39 is 51.8 Å². The summed E-state index contributed by atoms with van der Waals surface area (Å²) in [5.74, 6) is -0.926. The Bertz CT molecular complexity index is 884. The topological polar surface area (TPSA) is 149 Å². The third kappa shape index (κ3) is 37.0. The van der Waals surface area contributed by atoms with Gasteiger partial charge in [-0.2, -0.15) is 0 Å². The lowest BCUT2D eigenvalue weighted by Gasteiger charge is -2.20. The first kappa shape index (κ1) is 50.7. The number of hydrogen-bond acceptors (Lipinski definition) is 9. The van der Waals surface area contributed by atoms with Gasteiger partial charge in [0.15, 0.2) is 6.10 Å². The third-order valence-electron chi connectivity index (χ3n) is 9.17. The van der Waals surface area contributed by atoms with E-state index in [2.05, 4.69) is 30.5 Å². The number of carbonyl (C=O) groups is 2. The second-order valence-corrected chi connectivity index (χ2v) is 15.8. The lowest BCUT2D eigenvalue weighted by molar-refractivity contribution is -0.161. The molecule has 10 nitrogen and oxygen atoms in total. The van der Waals surface area contributed by atoms with Crippen LogP contribution in [0.5, 0.6) is 0 Å². The fourth-order valence-electron chi connectivity index (χ4n) is 5.87. The molecule has 3 N–H and O–H groups in total. The zero-order valence-corrected chi connectivity index (χ0v) is 34.2. The molecule has 0 aromatic carbocycles. The van der Waals surface area contributed by atoms with E-state index in [4.69, 9.17) is 19.1 Å². The summed E-state index contributed by atoms with van der Waals surface area (Å²) in [6, 6.07) is 0. The van der Waals surface area contributed by atoms with Crippen LogP contribution in [0.15, 0.2) is 12.2 Å². The van der Waals surface area contributed by atoms with E-state index in [1.165, 1.54) is 103 Å². The molecule has 0 bridgehead atoms. The van der Waals surface area contributed by atoms with Gasteiger partial charge in [-0.25, -0.2) is 4.57 Å². The fraction of sp³-hybridized carbons (Fsp3) is 0.902. The molecule has 0 aliphatic carbocycles. The second-order valence-electron chi connectivity index (χ2n) is 14.4. The van der Waals surface area contributed by atoms with Gasteiger partial charge in [0.2, 0.25) is 0 Å². The number of ether oxygens (including phenoxy) is 2. The zero-order valence-electron chi connectivity index (χ0n) is 33.3. The van der Waals surface area contributed by atoms with Gasteiger partial charge in [0.1, 0.15) is 12.7 Å². The average molecular weight is 763 g/mol. The van der Waals surface area contributed by atoms with Crippen molar-refractivity contribution in [3.8, 4) is 0 Å². The summed E-state index contributed by atoms with van der Waals surface area (Å²) in [5.41, 5.74) is 0. The van der Waals surface area contributed by atoms with Gasteiger partial charge >= 0.3 is 19.8 Å². The van der Waals surface area contributed by atoms with Crippen LogP contribution in [0.1, 0.15) is 200 Å². The predicted octanol–water partition coefficient (Wildman–Crippen LogP) is 10.8. The lowest BCUT2D eigenvalue weighted by atomic mass is 10.0. The minimum atomic E-state index is -4.61. The van der Waals surface area contributed by atoms with Crippen molar-refractivity contribution in [3.05, 3.63) is 12.2 Å². The largest absolute Gasteiger partial charge is 0.472 e. The molecule has 0 radical (unpaired) electrons. The Morgan fingerprint density at radius 3 is 1.40 bits per heavy atom. The molecule has 0 spiro atoms. The highest BCUT2D eigenvalue weighted by molar-refractivity contribution is 7.47. The van der Waals surface area contributed by atoms with Crippen LogP contribution in [-0.4, -0.2) is 65.7 Å². The van der Waals surface area contributed by atoms with Crippen LogP contribution in [-0.2, 0) is 32.7 Å². The highest BCUT2D eigenvalue weighted by Crippen LogP contribution is 2.43.